The summed E-state index contributed by atoms with van der Waals surface area (Å²) in [6, 6.07) is 18.1. The first-order valence-corrected chi connectivity index (χ1v) is 7.94. The summed E-state index contributed by atoms with van der Waals surface area (Å²) in [6.45, 7) is 1.79. The van der Waals surface area contributed by atoms with E-state index in [1.54, 1.807) is 6.92 Å². The minimum atomic E-state index is -0.734. The molecule has 1 aliphatic rings. The lowest BCUT2D eigenvalue weighted by atomic mass is 10.0. The van der Waals surface area contributed by atoms with Crippen molar-refractivity contribution in [2.45, 2.75) is 25.8 Å². The molecule has 24 heavy (non-hydrogen) atoms. The number of rotatable bonds is 4. The molecule has 0 saturated heterocycles. The summed E-state index contributed by atoms with van der Waals surface area (Å²) in [5.41, 5.74) is 6.08. The highest BCUT2D eigenvalue weighted by Crippen LogP contribution is 2.19. The smallest absolute Gasteiger partial charge is 0.329 e. The fourth-order valence-electron chi connectivity index (χ4n) is 2.26. The molecule has 2 aromatic carbocycles. The Morgan fingerprint density at radius 3 is 2.17 bits per heavy atom. The summed E-state index contributed by atoms with van der Waals surface area (Å²) in [4.78, 5) is 23.2. The van der Waals surface area contributed by atoms with E-state index in [2.05, 4.69) is 28.0 Å². The molecule has 0 spiro atoms. The Balaban J connectivity index is 1.62. The van der Waals surface area contributed by atoms with E-state index in [1.165, 1.54) is 0 Å². The Bertz CT molecular complexity index is 763. The lowest BCUT2D eigenvalue weighted by Gasteiger charge is -2.05. The van der Waals surface area contributed by atoms with Crippen molar-refractivity contribution in [3.05, 3.63) is 60.2 Å². The summed E-state index contributed by atoms with van der Waals surface area (Å²) in [5, 5.41) is 6.62. The van der Waals surface area contributed by atoms with Gasteiger partial charge in [0, 0.05) is 6.04 Å². The van der Waals surface area contributed by atoms with Gasteiger partial charge in [-0.15, -0.1) is 0 Å². The lowest BCUT2D eigenvalue weighted by molar-refractivity contribution is -0.139. The minimum Gasteiger partial charge on any atom is -0.345 e. The lowest BCUT2D eigenvalue weighted by Crippen LogP contribution is -2.39. The monoisotopic (exact) mass is 321 g/mol. The van der Waals surface area contributed by atoms with Crippen molar-refractivity contribution in [2.75, 3.05) is 0 Å². The number of benzene rings is 2. The molecule has 122 valence electrons. The van der Waals surface area contributed by atoms with Crippen LogP contribution < -0.4 is 10.7 Å². The van der Waals surface area contributed by atoms with Crippen LogP contribution in [0.5, 0.6) is 0 Å². The van der Waals surface area contributed by atoms with Gasteiger partial charge in [0.1, 0.15) is 0 Å². The molecule has 0 bridgehead atoms. The van der Waals surface area contributed by atoms with Crippen LogP contribution in [0, 0.1) is 0 Å². The molecule has 5 nitrogen and oxygen atoms in total. The molecule has 0 atom stereocenters. The van der Waals surface area contributed by atoms with Crippen LogP contribution in [0.15, 0.2) is 59.7 Å². The summed E-state index contributed by atoms with van der Waals surface area (Å²) in [7, 11) is 0. The standard InChI is InChI=1S/C19H19N3O2/c1-13(21-22-19(24)18(23)20-17-11-12-17)14-7-9-16(10-8-14)15-5-3-2-4-6-15/h2-10,17H,11-12H2,1H3,(H,20,23)(H,22,24)/b21-13-. The van der Waals surface area contributed by atoms with Crippen LogP contribution in [-0.4, -0.2) is 23.6 Å². The Morgan fingerprint density at radius 2 is 1.54 bits per heavy atom. The highest BCUT2D eigenvalue weighted by atomic mass is 16.2. The fraction of sp³-hybridized carbons (Fsp3) is 0.211. The number of hydrogen-bond acceptors (Lipinski definition) is 3. The van der Waals surface area contributed by atoms with Crippen LogP contribution in [0.3, 0.4) is 0 Å². The van der Waals surface area contributed by atoms with Gasteiger partial charge in [-0.1, -0.05) is 54.6 Å². The first-order chi connectivity index (χ1) is 11.6. The summed E-state index contributed by atoms with van der Waals surface area (Å²) in [6.07, 6.45) is 1.88. The maximum Gasteiger partial charge on any atom is 0.329 e. The van der Waals surface area contributed by atoms with Gasteiger partial charge in [-0.05, 0) is 36.5 Å². The summed E-state index contributed by atoms with van der Waals surface area (Å²) in [5.74, 6) is -1.37. The second kappa shape index (κ2) is 7.08. The van der Waals surface area contributed by atoms with Gasteiger partial charge >= 0.3 is 11.8 Å². The normalized spacial score (nSPS) is 14.1. The van der Waals surface area contributed by atoms with Crippen molar-refractivity contribution in [2.24, 2.45) is 5.10 Å². The van der Waals surface area contributed by atoms with Gasteiger partial charge in [0.05, 0.1) is 5.71 Å². The topological polar surface area (TPSA) is 70.6 Å². The first-order valence-electron chi connectivity index (χ1n) is 7.94. The van der Waals surface area contributed by atoms with Crippen LogP contribution in [0.1, 0.15) is 25.3 Å². The van der Waals surface area contributed by atoms with E-state index in [4.69, 9.17) is 0 Å². The average molecular weight is 321 g/mol. The quantitative estimate of drug-likeness (QED) is 0.516. The predicted molar refractivity (Wildman–Crippen MR) is 93.4 cm³/mol. The van der Waals surface area contributed by atoms with Crippen LogP contribution >= 0.6 is 0 Å². The van der Waals surface area contributed by atoms with Gasteiger partial charge in [0.15, 0.2) is 0 Å². The Labute approximate surface area is 140 Å². The molecule has 0 heterocycles. The second-order valence-corrected chi connectivity index (χ2v) is 5.83. The molecule has 0 radical (unpaired) electrons. The molecule has 3 rings (SSSR count). The van der Waals surface area contributed by atoms with E-state index in [-0.39, 0.29) is 6.04 Å². The molecule has 5 heteroatoms. The van der Waals surface area contributed by atoms with E-state index < -0.39 is 11.8 Å². The molecule has 1 fully saturated rings. The Kier molecular flexibility index (Phi) is 4.70. The predicted octanol–water partition coefficient (Wildman–Crippen LogP) is 2.47. The van der Waals surface area contributed by atoms with Crippen molar-refractivity contribution < 1.29 is 9.59 Å². The molecule has 1 saturated carbocycles. The van der Waals surface area contributed by atoms with E-state index in [9.17, 15) is 9.59 Å². The third-order valence-corrected chi connectivity index (χ3v) is 3.85. The zero-order valence-electron chi connectivity index (χ0n) is 13.5. The average Bonchev–Trinajstić information content (AvgIpc) is 3.44. The summed E-state index contributed by atoms with van der Waals surface area (Å²) < 4.78 is 0. The highest BCUT2D eigenvalue weighted by Gasteiger charge is 2.26. The molecular formula is C19H19N3O2. The van der Waals surface area contributed by atoms with Crippen molar-refractivity contribution in [3.63, 3.8) is 0 Å². The number of amides is 2. The number of carbonyl (C=O) groups is 2. The molecule has 2 aromatic rings. The SMILES string of the molecule is C/C(=N/NC(=O)C(=O)NC1CC1)c1ccc(-c2ccccc2)cc1. The van der Waals surface area contributed by atoms with Gasteiger partial charge in [0.25, 0.3) is 0 Å². The van der Waals surface area contributed by atoms with Gasteiger partial charge in [-0.3, -0.25) is 9.59 Å². The van der Waals surface area contributed by atoms with Gasteiger partial charge < -0.3 is 5.32 Å². The molecule has 2 N–H and O–H groups in total. The minimum absolute atomic E-state index is 0.152. The fourth-order valence-corrected chi connectivity index (χ4v) is 2.26. The Morgan fingerprint density at radius 1 is 0.917 bits per heavy atom. The number of carbonyl (C=O) groups excluding carboxylic acids is 2. The van der Waals surface area contributed by atoms with Crippen molar-refractivity contribution in [1.82, 2.24) is 10.7 Å². The number of nitrogens with one attached hydrogen (secondary N) is 2. The van der Waals surface area contributed by atoms with Crippen LogP contribution in [0.25, 0.3) is 11.1 Å². The second-order valence-electron chi connectivity index (χ2n) is 5.83. The third-order valence-electron chi connectivity index (χ3n) is 3.85. The zero-order chi connectivity index (χ0) is 16.9. The van der Waals surface area contributed by atoms with E-state index in [0.29, 0.717) is 5.71 Å². The largest absolute Gasteiger partial charge is 0.345 e. The number of hydrogen-bond donors (Lipinski definition) is 2. The van der Waals surface area contributed by atoms with Crippen molar-refractivity contribution in [3.8, 4) is 11.1 Å². The van der Waals surface area contributed by atoms with Crippen LogP contribution in [0.2, 0.25) is 0 Å². The molecular weight excluding hydrogens is 302 g/mol. The van der Waals surface area contributed by atoms with Crippen molar-refractivity contribution >= 4 is 17.5 Å². The molecule has 1 aliphatic carbocycles. The van der Waals surface area contributed by atoms with Crippen LogP contribution in [-0.2, 0) is 9.59 Å². The maximum absolute atomic E-state index is 11.7. The zero-order valence-corrected chi connectivity index (χ0v) is 13.5. The maximum atomic E-state index is 11.7. The highest BCUT2D eigenvalue weighted by molar-refractivity contribution is 6.35. The number of hydrazone groups is 1. The molecule has 0 aliphatic heterocycles. The summed E-state index contributed by atoms with van der Waals surface area (Å²) >= 11 is 0. The van der Waals surface area contributed by atoms with E-state index in [1.807, 2.05) is 42.5 Å². The van der Waals surface area contributed by atoms with E-state index >= 15 is 0 Å². The van der Waals surface area contributed by atoms with Gasteiger partial charge in [-0.2, -0.15) is 5.10 Å². The van der Waals surface area contributed by atoms with E-state index in [0.717, 1.165) is 29.5 Å². The van der Waals surface area contributed by atoms with Crippen LogP contribution in [0.4, 0.5) is 0 Å². The van der Waals surface area contributed by atoms with Gasteiger partial charge in [0.2, 0.25) is 0 Å². The third kappa shape index (κ3) is 4.07. The number of nitrogens with zero attached hydrogens (tertiary/aromatic N) is 1. The molecule has 2 amide bonds. The van der Waals surface area contributed by atoms with Gasteiger partial charge in [-0.25, -0.2) is 5.43 Å². The van der Waals surface area contributed by atoms with Crippen molar-refractivity contribution in [1.29, 1.82) is 0 Å². The molecule has 0 unspecified atom stereocenters. The Hall–Kier alpha value is -2.95. The first kappa shape index (κ1) is 15.9. The molecule has 0 aromatic heterocycles.